The van der Waals surface area contributed by atoms with E-state index in [4.69, 9.17) is 9.47 Å². The van der Waals surface area contributed by atoms with Crippen molar-refractivity contribution in [3.63, 3.8) is 0 Å². The van der Waals surface area contributed by atoms with Gasteiger partial charge in [-0.1, -0.05) is 18.2 Å². The zero-order chi connectivity index (χ0) is 19.8. The normalized spacial score (nSPS) is 14.6. The van der Waals surface area contributed by atoms with Gasteiger partial charge in [0.05, 0.1) is 25.5 Å². The second-order valence-corrected chi connectivity index (χ2v) is 6.87. The Hall–Kier alpha value is -2.51. The van der Waals surface area contributed by atoms with E-state index >= 15 is 0 Å². The number of morpholine rings is 1. The molecule has 2 aromatic rings. The molecule has 2 heterocycles. The largest absolute Gasteiger partial charge is 0.476 e. The molecule has 1 fully saturated rings. The lowest BCUT2D eigenvalue weighted by molar-refractivity contribution is 0.122. The predicted octanol–water partition coefficient (Wildman–Crippen LogP) is 2.15. The molecular weight excluding hydrogens is 354 g/mol. The van der Waals surface area contributed by atoms with E-state index in [2.05, 4.69) is 57.2 Å². The second kappa shape index (κ2) is 10.1. The summed E-state index contributed by atoms with van der Waals surface area (Å²) in [5, 5.41) is 3.07. The van der Waals surface area contributed by atoms with Crippen molar-refractivity contribution in [3.8, 4) is 5.88 Å². The van der Waals surface area contributed by atoms with E-state index in [-0.39, 0.29) is 0 Å². The highest BCUT2D eigenvalue weighted by atomic mass is 16.5. The van der Waals surface area contributed by atoms with Crippen molar-refractivity contribution < 1.29 is 9.47 Å². The number of nitrogens with one attached hydrogen (secondary N) is 1. The number of aryl methyl sites for hydroxylation is 2. The first-order valence-corrected chi connectivity index (χ1v) is 9.71. The van der Waals surface area contributed by atoms with Crippen molar-refractivity contribution in [1.82, 2.24) is 15.3 Å². The quantitative estimate of drug-likeness (QED) is 0.556. The summed E-state index contributed by atoms with van der Waals surface area (Å²) in [5.74, 6) is 1.23. The molecule has 0 aliphatic carbocycles. The standard InChI is InChI=1S/C21H29N5O2/c1-16-4-5-18(12-17(16)2)14-23-15-19-13-20(28-9-6-22-3)25-21(24-19)26-7-10-27-11-8-26/h4-5,12-13,15,22H,6-11,14H2,1-3H3. The van der Waals surface area contributed by atoms with Gasteiger partial charge in [-0.25, -0.2) is 4.98 Å². The topological polar surface area (TPSA) is 71.9 Å². The van der Waals surface area contributed by atoms with Crippen molar-refractivity contribution in [2.24, 2.45) is 4.99 Å². The Balaban J connectivity index is 1.75. The smallest absolute Gasteiger partial charge is 0.229 e. The molecule has 0 spiro atoms. The van der Waals surface area contributed by atoms with Crippen LogP contribution in [-0.2, 0) is 11.3 Å². The number of anilines is 1. The molecule has 150 valence electrons. The summed E-state index contributed by atoms with van der Waals surface area (Å²) in [5.41, 5.74) is 4.51. The lowest BCUT2D eigenvalue weighted by atomic mass is 10.1. The Morgan fingerprint density at radius 2 is 2.00 bits per heavy atom. The van der Waals surface area contributed by atoms with Crippen LogP contribution in [0, 0.1) is 13.8 Å². The summed E-state index contributed by atoms with van der Waals surface area (Å²) in [6.45, 7) is 9.09. The van der Waals surface area contributed by atoms with E-state index in [1.807, 2.05) is 13.1 Å². The summed E-state index contributed by atoms with van der Waals surface area (Å²) in [6, 6.07) is 8.27. The number of aromatic nitrogens is 2. The maximum absolute atomic E-state index is 5.78. The van der Waals surface area contributed by atoms with Crippen molar-refractivity contribution in [2.45, 2.75) is 20.4 Å². The maximum Gasteiger partial charge on any atom is 0.229 e. The third-order valence-corrected chi connectivity index (χ3v) is 4.68. The molecule has 3 rings (SSSR count). The highest BCUT2D eigenvalue weighted by molar-refractivity contribution is 5.78. The minimum absolute atomic E-state index is 0.551. The number of ether oxygens (including phenoxy) is 2. The van der Waals surface area contributed by atoms with Crippen molar-refractivity contribution in [2.75, 3.05) is 51.4 Å². The van der Waals surface area contributed by atoms with Gasteiger partial charge < -0.3 is 19.7 Å². The van der Waals surface area contributed by atoms with Gasteiger partial charge in [-0.3, -0.25) is 4.99 Å². The number of nitrogens with zero attached hydrogens (tertiary/aromatic N) is 4. The Bertz CT molecular complexity index is 803. The van der Waals surface area contributed by atoms with Gasteiger partial charge >= 0.3 is 0 Å². The summed E-state index contributed by atoms with van der Waals surface area (Å²) in [4.78, 5) is 15.9. The number of hydrogen-bond donors (Lipinski definition) is 1. The fourth-order valence-corrected chi connectivity index (χ4v) is 2.88. The summed E-state index contributed by atoms with van der Waals surface area (Å²) >= 11 is 0. The van der Waals surface area contributed by atoms with Crippen LogP contribution in [0.25, 0.3) is 0 Å². The second-order valence-electron chi connectivity index (χ2n) is 6.87. The minimum Gasteiger partial charge on any atom is -0.476 e. The molecule has 1 aliphatic rings. The van der Waals surface area contributed by atoms with Crippen LogP contribution >= 0.6 is 0 Å². The van der Waals surface area contributed by atoms with E-state index in [0.717, 1.165) is 25.3 Å². The first-order valence-electron chi connectivity index (χ1n) is 9.71. The van der Waals surface area contributed by atoms with Crippen molar-refractivity contribution >= 4 is 12.2 Å². The van der Waals surface area contributed by atoms with Crippen LogP contribution in [0.5, 0.6) is 5.88 Å². The highest BCUT2D eigenvalue weighted by Gasteiger charge is 2.16. The molecule has 1 saturated heterocycles. The van der Waals surface area contributed by atoms with Crippen LogP contribution in [0.1, 0.15) is 22.4 Å². The number of hydrogen-bond acceptors (Lipinski definition) is 7. The Morgan fingerprint density at radius 1 is 1.18 bits per heavy atom. The van der Waals surface area contributed by atoms with Gasteiger partial charge in [-0.05, 0) is 37.6 Å². The zero-order valence-corrected chi connectivity index (χ0v) is 16.9. The maximum atomic E-state index is 5.78. The lowest BCUT2D eigenvalue weighted by Gasteiger charge is -2.27. The average molecular weight is 383 g/mol. The third kappa shape index (κ3) is 5.74. The molecule has 28 heavy (non-hydrogen) atoms. The fraction of sp³-hybridized carbons (Fsp3) is 0.476. The molecule has 0 unspecified atom stereocenters. The molecule has 0 amide bonds. The molecule has 1 aliphatic heterocycles. The fourth-order valence-electron chi connectivity index (χ4n) is 2.88. The van der Waals surface area contributed by atoms with Crippen LogP contribution < -0.4 is 15.0 Å². The minimum atomic E-state index is 0.551. The van der Waals surface area contributed by atoms with Crippen LogP contribution in [0.3, 0.4) is 0 Å². The number of aliphatic imine (C=N–C) groups is 1. The van der Waals surface area contributed by atoms with Gasteiger partial charge in [0.25, 0.3) is 0 Å². The van der Waals surface area contributed by atoms with Crippen LogP contribution in [-0.4, -0.2) is 62.7 Å². The predicted molar refractivity (Wildman–Crippen MR) is 112 cm³/mol. The SMILES string of the molecule is CNCCOc1cc(C=NCc2ccc(C)c(C)c2)nc(N2CCOCC2)n1. The molecule has 1 aromatic heterocycles. The molecule has 0 atom stereocenters. The molecule has 0 bridgehead atoms. The van der Waals surface area contributed by atoms with Crippen molar-refractivity contribution in [3.05, 3.63) is 46.6 Å². The van der Waals surface area contributed by atoms with Gasteiger partial charge in [0.15, 0.2) is 0 Å². The number of rotatable bonds is 8. The number of likely N-dealkylation sites (N-methyl/N-ethyl adjacent to an activating group) is 1. The lowest BCUT2D eigenvalue weighted by Crippen LogP contribution is -2.37. The summed E-state index contributed by atoms with van der Waals surface area (Å²) < 4.78 is 11.2. The summed E-state index contributed by atoms with van der Waals surface area (Å²) in [6.07, 6.45) is 1.80. The zero-order valence-electron chi connectivity index (χ0n) is 16.9. The molecule has 0 radical (unpaired) electrons. The Morgan fingerprint density at radius 3 is 2.75 bits per heavy atom. The van der Waals surface area contributed by atoms with E-state index in [0.29, 0.717) is 38.2 Å². The van der Waals surface area contributed by atoms with Gasteiger partial charge in [0.1, 0.15) is 6.61 Å². The molecule has 1 aromatic carbocycles. The first-order chi connectivity index (χ1) is 13.7. The van der Waals surface area contributed by atoms with Crippen LogP contribution in [0.15, 0.2) is 29.3 Å². The molecule has 7 nitrogen and oxygen atoms in total. The van der Waals surface area contributed by atoms with E-state index in [9.17, 15) is 0 Å². The highest BCUT2D eigenvalue weighted by Crippen LogP contribution is 2.17. The van der Waals surface area contributed by atoms with Gasteiger partial charge in [-0.15, -0.1) is 0 Å². The third-order valence-electron chi connectivity index (χ3n) is 4.68. The van der Waals surface area contributed by atoms with E-state index < -0.39 is 0 Å². The monoisotopic (exact) mass is 383 g/mol. The van der Waals surface area contributed by atoms with Gasteiger partial charge in [0, 0.05) is 31.9 Å². The summed E-state index contributed by atoms with van der Waals surface area (Å²) in [7, 11) is 1.90. The average Bonchev–Trinajstić information content (AvgIpc) is 2.71. The van der Waals surface area contributed by atoms with E-state index in [1.54, 1.807) is 6.21 Å². The molecule has 7 heteroatoms. The molecule has 1 N–H and O–H groups in total. The Kier molecular flexibility index (Phi) is 7.33. The molecule has 0 saturated carbocycles. The van der Waals surface area contributed by atoms with E-state index in [1.165, 1.54) is 16.7 Å². The van der Waals surface area contributed by atoms with Crippen molar-refractivity contribution in [1.29, 1.82) is 0 Å². The van der Waals surface area contributed by atoms with Gasteiger partial charge in [-0.2, -0.15) is 4.98 Å². The van der Waals surface area contributed by atoms with Crippen LogP contribution in [0.2, 0.25) is 0 Å². The molecular formula is C21H29N5O2. The Labute approximate surface area is 166 Å². The number of benzene rings is 1. The van der Waals surface area contributed by atoms with Crippen LogP contribution in [0.4, 0.5) is 5.95 Å². The van der Waals surface area contributed by atoms with Gasteiger partial charge in [0.2, 0.25) is 11.8 Å². The first kappa shape index (κ1) is 20.2.